The van der Waals surface area contributed by atoms with Crippen molar-refractivity contribution in [2.75, 3.05) is 119 Å². The first-order valence-corrected chi connectivity index (χ1v) is 44.7. The van der Waals surface area contributed by atoms with Crippen molar-refractivity contribution >= 4 is 190 Å². The number of thioether (sulfide) groups is 8. The number of hydrogen-bond acceptors (Lipinski definition) is 51. The normalized spacial score (nSPS) is 18.6. The first kappa shape index (κ1) is 178. The largest absolute Gasteiger partial charge is 1.00 e. The van der Waals surface area contributed by atoms with Gasteiger partial charge in [-0.05, 0) is 97.4 Å². The average molecular weight is 2220 g/mol. The summed E-state index contributed by atoms with van der Waals surface area (Å²) in [4.78, 5) is 188. The van der Waals surface area contributed by atoms with Gasteiger partial charge in [-0.15, -0.1) is 0 Å². The number of carbonyl (C=O) groups excluding carboxylic acids is 16. The molecule has 2 aliphatic heterocycles. The third kappa shape index (κ3) is 83.8. The maximum atomic E-state index is 12.1. The van der Waals surface area contributed by atoms with Crippen molar-refractivity contribution in [1.82, 2.24) is 0 Å². The Morgan fingerprint density at radius 1 is 0.244 bits per heavy atom. The SMILES string of the molecule is O=C([O-])CC(SCCCOC[C@H]1O[C@@](COCCCSC(CC(=O)[O-])C(=O)[O-])(O[C@H]2O[C@H](COCCCSC(CC(=O)[O-])C(=O)[O-])[C@@H](OCCCSC(CC(=O)[O-])C(=O)[O-])[C@H](OCCCSC(CC(=O)[O-])C(=O)[O-])[C@H]2OCCCSC(CC(=O)[O-])C(=O)[O-])[C@@H](OCCCSC(CC(=O)[O-])C(=O)[O-])[C@@H]1OCCCSC(CC(=O)[O-])C(=O)[O-])C(=O)[O-].[Na+].[Na+].[Na+].[Na+].[Na+].[Na+].[Na+].[Na+].[Na+].[Na+].[Na+].[Na+].[Na+].[Na+].[Na+].[Na+]. The summed E-state index contributed by atoms with van der Waals surface area (Å²) in [5.41, 5.74) is 0. The molecule has 0 N–H and O–H groups in total. The van der Waals surface area contributed by atoms with Crippen LogP contribution < -0.4 is 555 Å². The van der Waals surface area contributed by atoms with E-state index in [1.165, 1.54) is 0 Å². The molecule has 0 saturated carbocycles. The van der Waals surface area contributed by atoms with Crippen molar-refractivity contribution in [3.63, 3.8) is 0 Å². The zero-order chi connectivity index (χ0) is 89.2. The zero-order valence-corrected chi connectivity index (χ0v) is 118. The zero-order valence-electron chi connectivity index (χ0n) is 79.3. The maximum absolute atomic E-state index is 12.1. The van der Waals surface area contributed by atoms with E-state index in [1.807, 2.05) is 0 Å². The van der Waals surface area contributed by atoms with Crippen LogP contribution in [0.15, 0.2) is 0 Å². The molecule has 43 nitrogen and oxygen atoms in total. The number of carbonyl (C=O) groups is 16. The molecule has 0 aromatic rings. The Morgan fingerprint density at radius 3 is 0.681 bits per heavy atom. The molecule has 0 spiro atoms. The minimum atomic E-state index is -2.67. The average Bonchev–Trinajstić information content (AvgIpc) is 1.62. The van der Waals surface area contributed by atoms with E-state index in [2.05, 4.69) is 0 Å². The fraction of sp³-hybridized carbons (Fsp3) is 0.765. The first-order valence-electron chi connectivity index (χ1n) is 36.3. The van der Waals surface area contributed by atoms with Gasteiger partial charge in [0.25, 0.3) is 0 Å². The van der Waals surface area contributed by atoms with Gasteiger partial charge >= 0.3 is 473 Å². The Kier molecular flexibility index (Phi) is 141. The molecule has 680 valence electrons. The van der Waals surface area contributed by atoms with E-state index in [-0.39, 0.29) is 584 Å². The number of carboxylic acid groups (broad SMARTS) is 16. The van der Waals surface area contributed by atoms with Gasteiger partial charge < -0.3 is 211 Å². The Bertz CT molecular complexity index is 3290. The van der Waals surface area contributed by atoms with E-state index in [1.54, 1.807) is 0 Å². The van der Waals surface area contributed by atoms with Crippen LogP contribution in [0.2, 0.25) is 0 Å². The van der Waals surface area contributed by atoms with Crippen LogP contribution in [0.4, 0.5) is 0 Å². The Labute approximate surface area is 1170 Å². The van der Waals surface area contributed by atoms with Gasteiger partial charge in [0.05, 0.1) is 61.0 Å². The Morgan fingerprint density at radius 2 is 0.444 bits per heavy atom. The summed E-state index contributed by atoms with van der Waals surface area (Å²) in [6.07, 6.45) is -23.1. The second kappa shape index (κ2) is 107. The number of rotatable bonds is 77. The van der Waals surface area contributed by atoms with Crippen molar-refractivity contribution < 1.29 is 683 Å². The van der Waals surface area contributed by atoms with Crippen molar-refractivity contribution in [2.45, 2.75) is 200 Å². The fourth-order valence-electron chi connectivity index (χ4n) is 10.7. The number of carboxylic acids is 16. The van der Waals surface area contributed by atoms with Gasteiger partial charge in [-0.1, -0.05) is 0 Å². The molecule has 2 rings (SSSR count). The van der Waals surface area contributed by atoms with Crippen molar-refractivity contribution in [2.24, 2.45) is 0 Å². The molecule has 0 aromatic carbocycles. The summed E-state index contributed by atoms with van der Waals surface area (Å²) in [5.74, 6) is -32.4. The van der Waals surface area contributed by atoms with Crippen molar-refractivity contribution in [1.29, 1.82) is 0 Å². The molecule has 2 fully saturated rings. The van der Waals surface area contributed by atoms with Gasteiger partial charge in [0, 0.05) is 194 Å². The molecule has 8 unspecified atom stereocenters. The third-order valence-corrected chi connectivity index (χ3v) is 26.3. The summed E-state index contributed by atoms with van der Waals surface area (Å²) in [5, 5.41) is 175. The second-order valence-corrected chi connectivity index (χ2v) is 35.8. The van der Waals surface area contributed by atoms with E-state index in [0.717, 1.165) is 0 Å². The molecule has 0 amide bonds. The number of aliphatic carboxylic acids is 16. The van der Waals surface area contributed by atoms with E-state index >= 15 is 0 Å². The molecule has 0 aromatic heterocycles. The third-order valence-electron chi connectivity index (χ3n) is 16.0. The summed E-state index contributed by atoms with van der Waals surface area (Å²) < 4.78 is 72.4. The molecule has 67 heteroatoms. The monoisotopic (exact) mass is 2210 g/mol. The van der Waals surface area contributed by atoms with Gasteiger partial charge in [-0.25, -0.2) is 0 Å². The summed E-state index contributed by atoms with van der Waals surface area (Å²) >= 11 is 4.81. The molecule has 0 radical (unpaired) electrons. The predicted octanol–water partition coefficient (Wildman–Crippen LogP) is -66.1. The van der Waals surface area contributed by atoms with E-state index in [9.17, 15) is 158 Å². The van der Waals surface area contributed by atoms with Crippen molar-refractivity contribution in [3.8, 4) is 0 Å². The molecule has 0 bridgehead atoms. The first-order chi connectivity index (χ1) is 56.3. The van der Waals surface area contributed by atoms with Crippen LogP contribution in [0.25, 0.3) is 0 Å². The molecule has 135 heavy (non-hydrogen) atoms. The standard InChI is InChI=1S/C68H102O43S8.16Na/c69-46(70)25-38(59(85)86)112-17-1-9-101-33-36-54(104-12-4-20-115-41(62(91)92)28-49(75)76)56(106-14-6-22-117-43(64(95)96)30-51(79)80)57(107-15-7-23-118-44(65(97)98)31-52(81)82)67(109-36)111-68(35-103-11-3-19-114-40(61(89)90)27-48(73)74)58(108-16-8-24-119-45(66(99)100)32-53(83)84)55(105-13-5-21-116-42(63(93)94)29-50(77)78)37(110-68)34-102-10-2-18-113-39(60(87)88)26-47(71)72;;;;;;;;;;;;;;;;/h36-45,54-58,67H,1-35H2,(H,69,70)(H,71,72)(H,73,74)(H,75,76)(H,77,78)(H,79,80)(H,81,82)(H,83,84)(H,85,86)(H,87,88)(H,89,90)(H,91,92)(H,93,94)(H,95,96)(H,97,98)(H,99,100);;;;;;;;;;;;;;;;/q;16*+1/p-16/t36-,37-,38?,39?,40?,41?,42?,43?,44?,45?,54-,55-,56+,57-,58+,67-,68+;;;;;;;;;;;;;;;;/m1................/s1. The molecular formula is C68H86Na16O43S8. The Hall–Kier alpha value is 9.88. The van der Waals surface area contributed by atoms with E-state index in [0.29, 0.717) is 94.1 Å². The van der Waals surface area contributed by atoms with Crippen LogP contribution in [0, 0.1) is 0 Å². The molecule has 2 heterocycles. The minimum absolute atomic E-state index is 0. The molecular weight excluding hydrogens is 2130 g/mol. The van der Waals surface area contributed by atoms with Gasteiger partial charge in [0.2, 0.25) is 5.79 Å². The van der Waals surface area contributed by atoms with Crippen LogP contribution in [0.5, 0.6) is 0 Å². The summed E-state index contributed by atoms with van der Waals surface area (Å²) in [6, 6.07) is 0. The Balaban J connectivity index is -0.000000692. The predicted molar refractivity (Wildman–Crippen MR) is 382 cm³/mol. The number of hydrogen-bond donors (Lipinski definition) is 0. The maximum Gasteiger partial charge on any atom is 1.00 e. The molecule has 0 aliphatic carbocycles. The molecule has 2 saturated heterocycles. The van der Waals surface area contributed by atoms with Crippen LogP contribution in [0.3, 0.4) is 0 Å². The topological polar surface area (TPSA) is 744 Å². The van der Waals surface area contributed by atoms with Gasteiger partial charge in [-0.2, -0.15) is 94.1 Å². The van der Waals surface area contributed by atoms with Gasteiger partial charge in [0.1, 0.15) is 49.3 Å². The minimum Gasteiger partial charge on any atom is -0.550 e. The summed E-state index contributed by atoms with van der Waals surface area (Å²) in [6.45, 7) is -5.76. The van der Waals surface area contributed by atoms with Crippen LogP contribution in [0.1, 0.15) is 103 Å². The fourth-order valence-corrected chi connectivity index (χ4v) is 18.3. The van der Waals surface area contributed by atoms with Gasteiger partial charge in [0.15, 0.2) is 6.29 Å². The number of ether oxygens (including phenoxy) is 11. The second-order valence-electron chi connectivity index (χ2n) is 25.3. The van der Waals surface area contributed by atoms with E-state index in [4.69, 9.17) is 52.1 Å². The summed E-state index contributed by atoms with van der Waals surface area (Å²) in [7, 11) is 0. The van der Waals surface area contributed by atoms with Gasteiger partial charge in [-0.3, -0.25) is 0 Å². The van der Waals surface area contributed by atoms with Crippen LogP contribution >= 0.6 is 94.1 Å². The quantitative estimate of drug-likeness (QED) is 0.0403. The van der Waals surface area contributed by atoms with Crippen LogP contribution in [-0.2, 0) is 129 Å². The smallest absolute Gasteiger partial charge is 0.550 e. The van der Waals surface area contributed by atoms with Crippen molar-refractivity contribution in [3.05, 3.63) is 0 Å². The molecule has 2 aliphatic rings. The van der Waals surface area contributed by atoms with E-state index < -0.39 is 303 Å². The van der Waals surface area contributed by atoms with Crippen LogP contribution in [-0.4, -0.2) is 311 Å². The molecule has 17 atom stereocenters.